The smallest absolute Gasteiger partial charge is 0.262 e. The van der Waals surface area contributed by atoms with Gasteiger partial charge < -0.3 is 16.0 Å². The van der Waals surface area contributed by atoms with E-state index in [2.05, 4.69) is 20.3 Å². The number of fused-ring (bicyclic) bond motifs is 1. The molecule has 130 valence electrons. The maximum Gasteiger partial charge on any atom is 0.262 e. The van der Waals surface area contributed by atoms with Crippen LogP contribution in [0.4, 0.5) is 5.95 Å². The summed E-state index contributed by atoms with van der Waals surface area (Å²) in [6.45, 7) is 2.69. The molecule has 7 nitrogen and oxygen atoms in total. The number of hydrogen-bond acceptors (Lipinski definition) is 4. The molecule has 0 saturated carbocycles. The molecule has 2 aromatic heterocycles. The third-order valence-electron chi connectivity index (χ3n) is 4.08. The van der Waals surface area contributed by atoms with Crippen LogP contribution in [-0.2, 0) is 12.8 Å². The lowest BCUT2D eigenvalue weighted by Crippen LogP contribution is -2.23. The molecule has 0 spiro atoms. The van der Waals surface area contributed by atoms with Crippen LogP contribution in [0.25, 0.3) is 11.0 Å². The molecular formula is C18H21N5O2. The van der Waals surface area contributed by atoms with Crippen molar-refractivity contribution in [1.29, 1.82) is 0 Å². The number of nitrogens with zero attached hydrogens (tertiary/aromatic N) is 1. The van der Waals surface area contributed by atoms with Gasteiger partial charge in [-0.05, 0) is 42.5 Å². The maximum absolute atomic E-state index is 12.1. The van der Waals surface area contributed by atoms with Gasteiger partial charge in [0.1, 0.15) is 5.65 Å². The predicted octanol–water partition coefficient (Wildman–Crippen LogP) is 1.76. The van der Waals surface area contributed by atoms with Crippen molar-refractivity contribution >= 4 is 22.9 Å². The highest BCUT2D eigenvalue weighted by atomic mass is 16.1. The minimum Gasteiger partial charge on any atom is -0.369 e. The molecule has 0 bridgehead atoms. The maximum atomic E-state index is 12.1. The van der Waals surface area contributed by atoms with Gasteiger partial charge >= 0.3 is 0 Å². The summed E-state index contributed by atoms with van der Waals surface area (Å²) in [5, 5.41) is 3.40. The SMILES string of the molecule is CCCNC(=O)c1ccc(CCc2c[nH]c3nc(N)[nH]c(=O)c23)cc1. The molecule has 7 heteroatoms. The number of anilines is 1. The summed E-state index contributed by atoms with van der Waals surface area (Å²) in [5.41, 5.74) is 8.46. The zero-order chi connectivity index (χ0) is 17.8. The normalized spacial score (nSPS) is 10.9. The van der Waals surface area contributed by atoms with Gasteiger partial charge in [-0.25, -0.2) is 0 Å². The number of nitrogen functional groups attached to an aromatic ring is 1. The Hall–Kier alpha value is -3.09. The summed E-state index contributed by atoms with van der Waals surface area (Å²) in [7, 11) is 0. The number of hydrogen-bond donors (Lipinski definition) is 4. The monoisotopic (exact) mass is 339 g/mol. The average molecular weight is 339 g/mol. The van der Waals surface area contributed by atoms with Crippen molar-refractivity contribution < 1.29 is 4.79 Å². The lowest BCUT2D eigenvalue weighted by Gasteiger charge is -2.05. The van der Waals surface area contributed by atoms with E-state index in [4.69, 9.17) is 5.73 Å². The first kappa shape index (κ1) is 16.8. The number of carbonyl (C=O) groups excluding carboxylic acids is 1. The first-order valence-corrected chi connectivity index (χ1v) is 8.31. The second-order valence-corrected chi connectivity index (χ2v) is 5.94. The Morgan fingerprint density at radius 3 is 2.72 bits per heavy atom. The summed E-state index contributed by atoms with van der Waals surface area (Å²) in [6, 6.07) is 7.53. The lowest BCUT2D eigenvalue weighted by atomic mass is 10.0. The third kappa shape index (κ3) is 3.71. The number of H-pyrrole nitrogens is 2. The van der Waals surface area contributed by atoms with E-state index < -0.39 is 0 Å². The Balaban J connectivity index is 1.70. The van der Waals surface area contributed by atoms with E-state index >= 15 is 0 Å². The second kappa shape index (κ2) is 7.21. The van der Waals surface area contributed by atoms with Gasteiger partial charge in [0.25, 0.3) is 11.5 Å². The molecule has 1 amide bonds. The van der Waals surface area contributed by atoms with Crippen molar-refractivity contribution in [3.05, 3.63) is 57.5 Å². The third-order valence-corrected chi connectivity index (χ3v) is 4.08. The van der Waals surface area contributed by atoms with Gasteiger partial charge in [-0.3, -0.25) is 14.6 Å². The molecule has 3 aromatic rings. The standard InChI is InChI=1S/C18H21N5O2/c1-2-9-20-16(24)12-6-3-11(4-7-12)5-8-13-10-21-15-14(13)17(25)23-18(19)22-15/h3-4,6-7,10H,2,5,8-9H2,1H3,(H,20,24)(H4,19,21,22,23,25). The molecule has 0 aliphatic carbocycles. The highest BCUT2D eigenvalue weighted by Crippen LogP contribution is 2.16. The summed E-state index contributed by atoms with van der Waals surface area (Å²) in [6.07, 6.45) is 4.15. The lowest BCUT2D eigenvalue weighted by molar-refractivity contribution is 0.0953. The topological polar surface area (TPSA) is 117 Å². The second-order valence-electron chi connectivity index (χ2n) is 5.94. The molecule has 1 aromatic carbocycles. The highest BCUT2D eigenvalue weighted by Gasteiger charge is 2.10. The van der Waals surface area contributed by atoms with Crippen LogP contribution in [-0.4, -0.2) is 27.4 Å². The van der Waals surface area contributed by atoms with Gasteiger partial charge in [0.2, 0.25) is 5.95 Å². The van der Waals surface area contributed by atoms with Crippen LogP contribution in [0.1, 0.15) is 34.8 Å². The fourth-order valence-corrected chi connectivity index (χ4v) is 2.76. The van der Waals surface area contributed by atoms with Crippen molar-refractivity contribution in [2.24, 2.45) is 0 Å². The zero-order valence-electron chi connectivity index (χ0n) is 14.1. The average Bonchev–Trinajstić information content (AvgIpc) is 3.01. The van der Waals surface area contributed by atoms with E-state index in [1.54, 1.807) is 6.20 Å². The number of carbonyl (C=O) groups is 1. The number of benzene rings is 1. The van der Waals surface area contributed by atoms with Crippen LogP contribution in [0, 0.1) is 0 Å². The van der Waals surface area contributed by atoms with E-state index in [1.165, 1.54) is 0 Å². The Morgan fingerprint density at radius 1 is 1.24 bits per heavy atom. The van der Waals surface area contributed by atoms with Crippen LogP contribution in [0.15, 0.2) is 35.3 Å². The number of amides is 1. The van der Waals surface area contributed by atoms with E-state index in [0.29, 0.717) is 29.6 Å². The quantitative estimate of drug-likeness (QED) is 0.547. The van der Waals surface area contributed by atoms with Gasteiger partial charge in [-0.15, -0.1) is 0 Å². The molecule has 0 fully saturated rings. The van der Waals surface area contributed by atoms with Gasteiger partial charge in [-0.2, -0.15) is 4.98 Å². The molecule has 0 radical (unpaired) electrons. The number of nitrogens with one attached hydrogen (secondary N) is 3. The number of aryl methyl sites for hydroxylation is 2. The zero-order valence-corrected chi connectivity index (χ0v) is 14.1. The summed E-state index contributed by atoms with van der Waals surface area (Å²) in [4.78, 5) is 33.6. The molecule has 5 N–H and O–H groups in total. The van der Waals surface area contributed by atoms with Crippen molar-refractivity contribution in [3.63, 3.8) is 0 Å². The minimum atomic E-state index is -0.235. The van der Waals surface area contributed by atoms with Crippen molar-refractivity contribution in [2.75, 3.05) is 12.3 Å². The molecule has 0 aliphatic heterocycles. The molecule has 0 aliphatic rings. The molecule has 0 saturated heterocycles. The first-order valence-electron chi connectivity index (χ1n) is 8.31. The summed E-state index contributed by atoms with van der Waals surface area (Å²) < 4.78 is 0. The molecule has 0 atom stereocenters. The van der Waals surface area contributed by atoms with Crippen LogP contribution in [0.3, 0.4) is 0 Å². The molecular weight excluding hydrogens is 318 g/mol. The Bertz CT molecular complexity index is 940. The van der Waals surface area contributed by atoms with Crippen LogP contribution >= 0.6 is 0 Å². The van der Waals surface area contributed by atoms with E-state index in [-0.39, 0.29) is 17.4 Å². The Kier molecular flexibility index (Phi) is 4.83. The predicted molar refractivity (Wildman–Crippen MR) is 97.6 cm³/mol. The molecule has 2 heterocycles. The van der Waals surface area contributed by atoms with Crippen LogP contribution in [0.5, 0.6) is 0 Å². The van der Waals surface area contributed by atoms with Gasteiger partial charge in [-0.1, -0.05) is 19.1 Å². The van der Waals surface area contributed by atoms with E-state index in [9.17, 15) is 9.59 Å². The largest absolute Gasteiger partial charge is 0.369 e. The summed E-state index contributed by atoms with van der Waals surface area (Å²) in [5.74, 6) is 0.0445. The van der Waals surface area contributed by atoms with Crippen molar-refractivity contribution in [2.45, 2.75) is 26.2 Å². The van der Waals surface area contributed by atoms with E-state index in [1.807, 2.05) is 31.2 Å². The Labute approximate surface area is 144 Å². The molecule has 25 heavy (non-hydrogen) atoms. The van der Waals surface area contributed by atoms with Crippen molar-refractivity contribution in [3.8, 4) is 0 Å². The molecule has 0 unspecified atom stereocenters. The van der Waals surface area contributed by atoms with Crippen molar-refractivity contribution in [1.82, 2.24) is 20.3 Å². The number of rotatable bonds is 6. The fraction of sp³-hybridized carbons (Fsp3) is 0.278. The van der Waals surface area contributed by atoms with Gasteiger partial charge in [0.05, 0.1) is 5.39 Å². The Morgan fingerprint density at radius 2 is 2.00 bits per heavy atom. The number of nitrogens with two attached hydrogens (primary N) is 1. The minimum absolute atomic E-state index is 0.0553. The highest BCUT2D eigenvalue weighted by molar-refractivity contribution is 5.94. The van der Waals surface area contributed by atoms with Gasteiger partial charge in [0, 0.05) is 18.3 Å². The fourth-order valence-electron chi connectivity index (χ4n) is 2.76. The number of aromatic amines is 2. The molecule has 3 rings (SSSR count). The number of aromatic nitrogens is 3. The van der Waals surface area contributed by atoms with Crippen LogP contribution in [0.2, 0.25) is 0 Å². The van der Waals surface area contributed by atoms with E-state index in [0.717, 1.165) is 24.0 Å². The first-order chi connectivity index (χ1) is 12.1. The van der Waals surface area contributed by atoms with Gasteiger partial charge in [0.15, 0.2) is 0 Å². The van der Waals surface area contributed by atoms with Crippen LogP contribution < -0.4 is 16.6 Å². The summed E-state index contributed by atoms with van der Waals surface area (Å²) >= 11 is 0.